The molecule has 0 saturated heterocycles. The van der Waals surface area contributed by atoms with Gasteiger partial charge in [0.2, 0.25) is 0 Å². The number of hydrogen-bond donors (Lipinski definition) is 1. The van der Waals surface area contributed by atoms with Crippen LogP contribution >= 0.6 is 15.9 Å². The summed E-state index contributed by atoms with van der Waals surface area (Å²) in [5.41, 5.74) is 2.71. The van der Waals surface area contributed by atoms with Crippen molar-refractivity contribution in [2.24, 2.45) is 0 Å². The summed E-state index contributed by atoms with van der Waals surface area (Å²) in [5, 5.41) is 1.46. The highest BCUT2D eigenvalue weighted by molar-refractivity contribution is 9.10. The van der Waals surface area contributed by atoms with Gasteiger partial charge in [0.25, 0.3) is 10.0 Å². The minimum absolute atomic E-state index is 0.0825. The minimum Gasteiger partial charge on any atom is -0.501 e. The number of carbonyl (C=O) groups is 2. The summed E-state index contributed by atoms with van der Waals surface area (Å²) in [6, 6.07) is 9.89. The van der Waals surface area contributed by atoms with E-state index in [9.17, 15) is 18.0 Å². The molecular formula is C36H39BrN4O8S. The van der Waals surface area contributed by atoms with Crippen molar-refractivity contribution in [3.63, 3.8) is 0 Å². The van der Waals surface area contributed by atoms with Crippen molar-refractivity contribution in [2.45, 2.75) is 44.4 Å². The van der Waals surface area contributed by atoms with Gasteiger partial charge in [0.05, 0.1) is 68.3 Å². The summed E-state index contributed by atoms with van der Waals surface area (Å²) in [7, 11) is -1.23. The number of ether oxygens (including phenoxy) is 4. The molecule has 12 nitrogen and oxygen atoms in total. The number of halogens is 1. The number of pyridine rings is 2. The van der Waals surface area contributed by atoms with Gasteiger partial charge >= 0.3 is 11.9 Å². The Hall–Kier alpha value is -4.95. The van der Waals surface area contributed by atoms with E-state index in [0.29, 0.717) is 35.2 Å². The number of esters is 2. The summed E-state index contributed by atoms with van der Waals surface area (Å²) in [6.07, 6.45) is 16.7. The summed E-state index contributed by atoms with van der Waals surface area (Å²) in [4.78, 5) is 35.5. The number of aromatic amines is 1. The van der Waals surface area contributed by atoms with Gasteiger partial charge in [-0.15, -0.1) is 0 Å². The maximum Gasteiger partial charge on any atom is 0.357 e. The van der Waals surface area contributed by atoms with Gasteiger partial charge in [0, 0.05) is 38.8 Å². The number of fused-ring (bicyclic) bond motifs is 2. The van der Waals surface area contributed by atoms with Crippen LogP contribution in [-0.4, -0.2) is 66.7 Å². The molecule has 5 rings (SSSR count). The van der Waals surface area contributed by atoms with Gasteiger partial charge in [-0.1, -0.05) is 42.6 Å². The molecule has 4 heterocycles. The molecule has 0 aliphatic heterocycles. The quantitative estimate of drug-likeness (QED) is 0.0675. The average Bonchev–Trinajstić information content (AvgIpc) is 3.80. The molecule has 264 valence electrons. The first kappa shape index (κ1) is 37.9. The van der Waals surface area contributed by atoms with Crippen molar-refractivity contribution in [1.29, 1.82) is 0 Å². The number of nitrogens with one attached hydrogen (secondary N) is 1. The van der Waals surface area contributed by atoms with Gasteiger partial charge in [0.1, 0.15) is 0 Å². The molecule has 50 heavy (non-hydrogen) atoms. The highest BCUT2D eigenvalue weighted by Gasteiger charge is 2.23. The molecule has 0 bridgehead atoms. The number of unbranched alkanes of at least 4 members (excludes halogenated alkanes) is 2. The number of H-pyrrole nitrogens is 1. The van der Waals surface area contributed by atoms with Crippen LogP contribution in [0.2, 0.25) is 0 Å². The second kappa shape index (κ2) is 18.2. The molecule has 0 saturated carbocycles. The highest BCUT2D eigenvalue weighted by Crippen LogP contribution is 2.28. The molecule has 1 N–H and O–H groups in total. The van der Waals surface area contributed by atoms with Crippen molar-refractivity contribution in [1.82, 2.24) is 18.9 Å². The largest absolute Gasteiger partial charge is 0.501 e. The zero-order valence-corrected chi connectivity index (χ0v) is 30.6. The number of carbonyl (C=O) groups excluding carboxylic acids is 2. The maximum absolute atomic E-state index is 13.1. The molecular weight excluding hydrogens is 728 g/mol. The first-order valence-corrected chi connectivity index (χ1v) is 18.1. The molecule has 0 radical (unpaired) electrons. The number of benzene rings is 1. The lowest BCUT2D eigenvalue weighted by atomic mass is 10.1. The molecule has 0 fully saturated rings. The second-order valence-corrected chi connectivity index (χ2v) is 13.5. The fourth-order valence-corrected chi connectivity index (χ4v) is 6.36. The lowest BCUT2D eigenvalue weighted by Gasteiger charge is -2.09. The van der Waals surface area contributed by atoms with E-state index in [-0.39, 0.29) is 16.3 Å². The molecule has 0 aliphatic rings. The van der Waals surface area contributed by atoms with E-state index in [1.54, 1.807) is 42.8 Å². The Morgan fingerprint density at radius 3 is 1.94 bits per heavy atom. The predicted molar refractivity (Wildman–Crippen MR) is 195 cm³/mol. The van der Waals surface area contributed by atoms with E-state index < -0.39 is 22.0 Å². The molecule has 4 aromatic heterocycles. The molecule has 0 unspecified atom stereocenters. The standard InChI is InChI=1S/C21H21BrN2O5S.C15H18N2O3/c1-3-4-12-29-13-10-18-17-9-11-24(19(17)14-23-20(18)21(25)28-2)30(26,27)16-7-5-15(22)6-8-16;1-3-4-8-20-9-6-12-11-5-7-16-13(11)10-17-14(12)15(18)19-2/h5-11,13-14H,3-4,12H2,1-2H3;5-7,9-10,16H,3-4,8H2,1-2H3/b13-10+;9-6+. The Morgan fingerprint density at radius 1 is 0.820 bits per heavy atom. The predicted octanol–water partition coefficient (Wildman–Crippen LogP) is 7.75. The summed E-state index contributed by atoms with van der Waals surface area (Å²) in [5.74, 6) is -1.07. The smallest absolute Gasteiger partial charge is 0.357 e. The zero-order valence-electron chi connectivity index (χ0n) is 28.2. The van der Waals surface area contributed by atoms with E-state index in [0.717, 1.165) is 45.0 Å². The lowest BCUT2D eigenvalue weighted by Crippen LogP contribution is -2.13. The minimum atomic E-state index is -3.84. The van der Waals surface area contributed by atoms with Gasteiger partial charge in [-0.2, -0.15) is 0 Å². The van der Waals surface area contributed by atoms with Gasteiger partial charge < -0.3 is 23.9 Å². The van der Waals surface area contributed by atoms with Gasteiger partial charge in [-0.05, 0) is 61.4 Å². The fraction of sp³-hybridized carbons (Fsp3) is 0.278. The van der Waals surface area contributed by atoms with E-state index in [1.165, 1.54) is 45.0 Å². The molecule has 0 amide bonds. The van der Waals surface area contributed by atoms with Crippen LogP contribution in [0.25, 0.3) is 34.0 Å². The number of aromatic nitrogens is 4. The third-order valence-corrected chi connectivity index (χ3v) is 9.65. The van der Waals surface area contributed by atoms with Gasteiger partial charge in [-0.3, -0.25) is 0 Å². The van der Waals surface area contributed by atoms with E-state index in [1.807, 2.05) is 12.3 Å². The van der Waals surface area contributed by atoms with E-state index >= 15 is 0 Å². The van der Waals surface area contributed by atoms with E-state index in [2.05, 4.69) is 44.7 Å². The van der Waals surface area contributed by atoms with E-state index in [4.69, 9.17) is 18.9 Å². The number of nitrogens with zero attached hydrogens (tertiary/aromatic N) is 3. The number of methoxy groups -OCH3 is 2. The zero-order chi connectivity index (χ0) is 36.1. The van der Waals surface area contributed by atoms with Crippen LogP contribution in [0.15, 0.2) is 83.1 Å². The highest BCUT2D eigenvalue weighted by atomic mass is 79.9. The monoisotopic (exact) mass is 766 g/mol. The summed E-state index contributed by atoms with van der Waals surface area (Å²) < 4.78 is 48.6. The van der Waals surface area contributed by atoms with Crippen LogP contribution in [0.1, 0.15) is 71.6 Å². The van der Waals surface area contributed by atoms with Crippen molar-refractivity contribution >= 4 is 71.8 Å². The van der Waals surface area contributed by atoms with Crippen LogP contribution < -0.4 is 0 Å². The van der Waals surface area contributed by atoms with Crippen molar-refractivity contribution in [3.8, 4) is 0 Å². The molecule has 1 aromatic carbocycles. The van der Waals surface area contributed by atoms with Crippen molar-refractivity contribution < 1.29 is 37.0 Å². The number of rotatable bonds is 14. The first-order valence-electron chi connectivity index (χ1n) is 15.9. The SMILES string of the molecule is CCCCO/C=C/c1c(C(=O)OC)ncc2[nH]ccc12.CCCCO/C=C/c1c(C(=O)OC)ncc2c1ccn2S(=O)(=O)c1ccc(Br)cc1. The third-order valence-electron chi connectivity index (χ3n) is 7.42. The summed E-state index contributed by atoms with van der Waals surface area (Å²) >= 11 is 3.30. The summed E-state index contributed by atoms with van der Waals surface area (Å²) in [6.45, 7) is 5.37. The number of hydrogen-bond acceptors (Lipinski definition) is 10. The normalized spacial score (nSPS) is 11.5. The van der Waals surface area contributed by atoms with Crippen LogP contribution in [0, 0.1) is 0 Å². The Morgan fingerprint density at radius 2 is 1.38 bits per heavy atom. The molecule has 0 spiro atoms. The molecule has 14 heteroatoms. The Labute approximate surface area is 299 Å². The van der Waals surface area contributed by atoms with Gasteiger partial charge in [-0.25, -0.2) is 31.9 Å². The molecule has 5 aromatic rings. The lowest BCUT2D eigenvalue weighted by molar-refractivity contribution is 0.0585. The van der Waals surface area contributed by atoms with Crippen LogP contribution in [-0.2, 0) is 29.0 Å². The van der Waals surface area contributed by atoms with Crippen molar-refractivity contribution in [2.75, 3.05) is 27.4 Å². The Balaban J connectivity index is 0.000000244. The maximum atomic E-state index is 13.1. The average molecular weight is 768 g/mol. The van der Waals surface area contributed by atoms with Crippen LogP contribution in [0.4, 0.5) is 0 Å². The Bertz CT molecular complexity index is 2090. The fourth-order valence-electron chi connectivity index (χ4n) is 4.76. The first-order chi connectivity index (χ1) is 24.2. The van der Waals surface area contributed by atoms with Crippen LogP contribution in [0.3, 0.4) is 0 Å². The molecule has 0 atom stereocenters. The Kier molecular flexibility index (Phi) is 13.8. The molecule has 0 aliphatic carbocycles. The second-order valence-electron chi connectivity index (χ2n) is 10.8. The van der Waals surface area contributed by atoms with Crippen molar-refractivity contribution in [3.05, 3.63) is 101 Å². The third kappa shape index (κ3) is 8.98. The topological polar surface area (TPSA) is 152 Å². The van der Waals surface area contributed by atoms with Gasteiger partial charge in [0.15, 0.2) is 11.4 Å². The van der Waals surface area contributed by atoms with Crippen LogP contribution in [0.5, 0.6) is 0 Å².